The van der Waals surface area contributed by atoms with Crippen molar-refractivity contribution < 1.29 is 18.7 Å². The number of aromatic hydroxyl groups is 1. The van der Waals surface area contributed by atoms with Gasteiger partial charge < -0.3 is 18.7 Å². The van der Waals surface area contributed by atoms with E-state index in [1.807, 2.05) is 66.7 Å². The molecule has 0 aliphatic carbocycles. The van der Waals surface area contributed by atoms with Crippen LogP contribution in [-0.2, 0) is 0 Å². The summed E-state index contributed by atoms with van der Waals surface area (Å²) >= 11 is 0. The standard InChI is InChI=1S/C18H12O3.C17H10O3/c1-20-12-7-8-14-16(10-12)21-15-9-6-11-4-2-3-5-13(11)17(15)18(14)19;18-11-6-7-13-15(9-11)20-14-8-5-10-3-1-2-4-12(10)16(14)17(13)19/h2-10H,1H3;1-9,18H. The minimum Gasteiger partial charge on any atom is -0.508 e. The van der Waals surface area contributed by atoms with E-state index in [4.69, 9.17) is 13.6 Å². The summed E-state index contributed by atoms with van der Waals surface area (Å²) in [4.78, 5) is 25.5. The normalized spacial score (nSPS) is 11.3. The van der Waals surface area contributed by atoms with Gasteiger partial charge in [-0.25, -0.2) is 0 Å². The molecule has 0 saturated heterocycles. The maximum absolute atomic E-state index is 12.8. The largest absolute Gasteiger partial charge is 0.508 e. The number of methoxy groups -OCH3 is 1. The van der Waals surface area contributed by atoms with Crippen LogP contribution < -0.4 is 15.6 Å². The molecule has 0 spiro atoms. The van der Waals surface area contributed by atoms with Gasteiger partial charge in [0.25, 0.3) is 0 Å². The lowest BCUT2D eigenvalue weighted by Gasteiger charge is -2.06. The van der Waals surface area contributed by atoms with Crippen molar-refractivity contribution in [2.75, 3.05) is 7.11 Å². The first kappa shape index (κ1) is 24.4. The summed E-state index contributed by atoms with van der Waals surface area (Å²) in [7, 11) is 1.59. The number of ether oxygens (including phenoxy) is 1. The Bertz CT molecular complexity index is 2420. The van der Waals surface area contributed by atoms with E-state index in [0.717, 1.165) is 21.5 Å². The van der Waals surface area contributed by atoms with Gasteiger partial charge in [-0.05, 0) is 57.9 Å². The van der Waals surface area contributed by atoms with E-state index in [2.05, 4.69) is 0 Å². The van der Waals surface area contributed by atoms with Crippen LogP contribution in [0, 0.1) is 0 Å². The van der Waals surface area contributed by atoms with Gasteiger partial charge in [-0.15, -0.1) is 0 Å². The summed E-state index contributed by atoms with van der Waals surface area (Å²) < 4.78 is 16.8. The molecule has 0 aliphatic rings. The Morgan fingerprint density at radius 2 is 1.05 bits per heavy atom. The summed E-state index contributed by atoms with van der Waals surface area (Å²) in [6.07, 6.45) is 0. The van der Waals surface area contributed by atoms with Gasteiger partial charge in [0.1, 0.15) is 33.8 Å². The van der Waals surface area contributed by atoms with Crippen LogP contribution in [0.3, 0.4) is 0 Å². The van der Waals surface area contributed by atoms with E-state index in [9.17, 15) is 14.7 Å². The third-order valence-corrected chi connectivity index (χ3v) is 7.32. The van der Waals surface area contributed by atoms with Gasteiger partial charge in [0.2, 0.25) is 10.9 Å². The summed E-state index contributed by atoms with van der Waals surface area (Å²) in [5.41, 5.74) is 2.00. The van der Waals surface area contributed by atoms with Crippen LogP contribution in [0.1, 0.15) is 0 Å². The molecule has 2 heterocycles. The van der Waals surface area contributed by atoms with E-state index < -0.39 is 0 Å². The Balaban J connectivity index is 0.000000135. The molecule has 2 aromatic heterocycles. The van der Waals surface area contributed by atoms with E-state index in [1.165, 1.54) is 12.1 Å². The minimum absolute atomic E-state index is 0.00861. The van der Waals surface area contributed by atoms with Crippen molar-refractivity contribution in [3.63, 3.8) is 0 Å². The van der Waals surface area contributed by atoms with E-state index in [0.29, 0.717) is 49.6 Å². The highest BCUT2D eigenvalue weighted by atomic mass is 16.5. The second-order valence-electron chi connectivity index (χ2n) is 9.72. The molecule has 198 valence electrons. The Labute approximate surface area is 232 Å². The first-order valence-corrected chi connectivity index (χ1v) is 13.0. The predicted octanol–water partition coefficient (Wildman–Crippen LogP) is 7.91. The molecular formula is C35H22O6. The van der Waals surface area contributed by atoms with Crippen LogP contribution in [0.25, 0.3) is 65.4 Å². The zero-order valence-corrected chi connectivity index (χ0v) is 21.9. The quantitative estimate of drug-likeness (QED) is 0.169. The molecule has 8 aromatic rings. The average Bonchev–Trinajstić information content (AvgIpc) is 3.00. The molecule has 6 nitrogen and oxygen atoms in total. The molecule has 41 heavy (non-hydrogen) atoms. The van der Waals surface area contributed by atoms with Gasteiger partial charge in [0, 0.05) is 12.1 Å². The van der Waals surface area contributed by atoms with Crippen LogP contribution in [0.2, 0.25) is 0 Å². The number of hydrogen-bond acceptors (Lipinski definition) is 6. The Morgan fingerprint density at radius 1 is 0.537 bits per heavy atom. The fourth-order valence-corrected chi connectivity index (χ4v) is 5.33. The van der Waals surface area contributed by atoms with Gasteiger partial charge in [0.15, 0.2) is 0 Å². The second kappa shape index (κ2) is 9.54. The maximum Gasteiger partial charge on any atom is 0.201 e. The second-order valence-corrected chi connectivity index (χ2v) is 9.72. The molecule has 1 N–H and O–H groups in total. The molecule has 0 atom stereocenters. The first-order valence-electron chi connectivity index (χ1n) is 13.0. The fourth-order valence-electron chi connectivity index (χ4n) is 5.33. The van der Waals surface area contributed by atoms with Crippen molar-refractivity contribution in [3.8, 4) is 11.5 Å². The van der Waals surface area contributed by atoms with E-state index in [-0.39, 0.29) is 16.6 Å². The van der Waals surface area contributed by atoms with Crippen LogP contribution in [-0.4, -0.2) is 12.2 Å². The van der Waals surface area contributed by atoms with E-state index >= 15 is 0 Å². The van der Waals surface area contributed by atoms with Crippen molar-refractivity contribution in [1.29, 1.82) is 0 Å². The third kappa shape index (κ3) is 4.05. The molecule has 6 aromatic carbocycles. The lowest BCUT2D eigenvalue weighted by molar-refractivity contribution is 0.414. The van der Waals surface area contributed by atoms with Crippen LogP contribution in [0.4, 0.5) is 0 Å². The zero-order valence-electron chi connectivity index (χ0n) is 21.9. The predicted molar refractivity (Wildman–Crippen MR) is 163 cm³/mol. The monoisotopic (exact) mass is 538 g/mol. The number of rotatable bonds is 1. The molecule has 0 aliphatic heterocycles. The molecule has 0 saturated carbocycles. The molecular weight excluding hydrogens is 516 g/mol. The SMILES string of the molecule is COc1ccc2c(=O)c3c(ccc4ccccc43)oc2c1.O=c1c2ccc(O)cc2oc2ccc3ccccc3c12. The first-order chi connectivity index (χ1) is 20.0. The number of phenolic OH excluding ortho intramolecular Hbond substituents is 1. The Morgan fingerprint density at radius 3 is 1.61 bits per heavy atom. The van der Waals surface area contributed by atoms with Crippen molar-refractivity contribution in [2.24, 2.45) is 0 Å². The zero-order chi connectivity index (χ0) is 28.1. The van der Waals surface area contributed by atoms with Crippen molar-refractivity contribution in [2.45, 2.75) is 0 Å². The number of benzene rings is 6. The van der Waals surface area contributed by atoms with Gasteiger partial charge >= 0.3 is 0 Å². The summed E-state index contributed by atoms with van der Waals surface area (Å²) in [5, 5.41) is 15.6. The van der Waals surface area contributed by atoms with Crippen LogP contribution >= 0.6 is 0 Å². The highest BCUT2D eigenvalue weighted by Gasteiger charge is 2.12. The van der Waals surface area contributed by atoms with Crippen molar-refractivity contribution in [1.82, 2.24) is 0 Å². The maximum atomic E-state index is 12.8. The van der Waals surface area contributed by atoms with Crippen LogP contribution in [0.15, 0.2) is 128 Å². The topological polar surface area (TPSA) is 89.9 Å². The van der Waals surface area contributed by atoms with Gasteiger partial charge in [-0.1, -0.05) is 60.7 Å². The number of phenols is 1. The van der Waals surface area contributed by atoms with Crippen LogP contribution in [0.5, 0.6) is 11.5 Å². The smallest absolute Gasteiger partial charge is 0.201 e. The van der Waals surface area contributed by atoms with Crippen molar-refractivity contribution >= 4 is 65.4 Å². The Hall–Kier alpha value is -5.62. The van der Waals surface area contributed by atoms with Crippen molar-refractivity contribution in [3.05, 3.63) is 130 Å². The summed E-state index contributed by atoms with van der Waals surface area (Å²) in [6, 6.07) is 32.9. The molecule has 0 fully saturated rings. The summed E-state index contributed by atoms with van der Waals surface area (Å²) in [5.74, 6) is 0.756. The van der Waals surface area contributed by atoms with E-state index in [1.54, 1.807) is 37.4 Å². The number of hydrogen-bond donors (Lipinski definition) is 1. The fraction of sp³-hybridized carbons (Fsp3) is 0.0286. The Kier molecular flexibility index (Phi) is 5.68. The molecule has 0 amide bonds. The average molecular weight is 539 g/mol. The minimum atomic E-state index is -0.0712. The highest BCUT2D eigenvalue weighted by Crippen LogP contribution is 2.29. The van der Waals surface area contributed by atoms with Gasteiger partial charge in [0.05, 0.1) is 28.7 Å². The molecule has 8 rings (SSSR count). The van der Waals surface area contributed by atoms with Gasteiger partial charge in [-0.3, -0.25) is 9.59 Å². The summed E-state index contributed by atoms with van der Waals surface area (Å²) in [6.45, 7) is 0. The third-order valence-electron chi connectivity index (χ3n) is 7.32. The van der Waals surface area contributed by atoms with Gasteiger partial charge in [-0.2, -0.15) is 0 Å². The molecule has 0 radical (unpaired) electrons. The molecule has 0 bridgehead atoms. The molecule has 0 unspecified atom stereocenters. The number of fused-ring (bicyclic) bond motifs is 8. The lowest BCUT2D eigenvalue weighted by atomic mass is 10.0. The highest BCUT2D eigenvalue weighted by molar-refractivity contribution is 6.09. The lowest BCUT2D eigenvalue weighted by Crippen LogP contribution is -2.02. The molecule has 6 heteroatoms.